The smallest absolute Gasteiger partial charge is 0.172 e. The second-order valence-electron chi connectivity index (χ2n) is 3.42. The predicted molar refractivity (Wildman–Crippen MR) is 68.3 cm³/mol. The third-order valence-electron chi connectivity index (χ3n) is 2.01. The zero-order valence-corrected chi connectivity index (χ0v) is 10.6. The van der Waals surface area contributed by atoms with Crippen LogP contribution < -0.4 is 0 Å². The summed E-state index contributed by atoms with van der Waals surface area (Å²) in [5.74, 6) is 1.57. The number of carbonyl (C=O) groups excluding carboxylic acids is 1. The number of rotatable bonds is 8. The number of aliphatic hydroxyl groups excluding tert-OH is 2. The van der Waals surface area contributed by atoms with Crippen molar-refractivity contribution in [3.63, 3.8) is 0 Å². The summed E-state index contributed by atoms with van der Waals surface area (Å²) in [5, 5.41) is 19.6. The van der Waals surface area contributed by atoms with Gasteiger partial charge < -0.3 is 10.2 Å². The highest BCUT2D eigenvalue weighted by atomic mass is 32.2. The van der Waals surface area contributed by atoms with Gasteiger partial charge in [0.25, 0.3) is 0 Å². The molecule has 0 aromatic carbocycles. The summed E-state index contributed by atoms with van der Waals surface area (Å²) in [4.78, 5) is 12.4. The molecule has 0 amide bonds. The molecule has 0 saturated heterocycles. The molecule has 16 heavy (non-hydrogen) atoms. The molecular formula is C11H16O3S2. The van der Waals surface area contributed by atoms with E-state index in [-0.39, 0.29) is 12.4 Å². The summed E-state index contributed by atoms with van der Waals surface area (Å²) in [6.07, 6.45) is 0.737. The lowest BCUT2D eigenvalue weighted by molar-refractivity contribution is 0.0986. The molecule has 2 N–H and O–H groups in total. The molecule has 0 bridgehead atoms. The summed E-state index contributed by atoms with van der Waals surface area (Å²) >= 11 is 3.04. The quantitative estimate of drug-likeness (QED) is 0.553. The Morgan fingerprint density at radius 3 is 3.00 bits per heavy atom. The van der Waals surface area contributed by atoms with E-state index in [4.69, 9.17) is 10.2 Å². The van der Waals surface area contributed by atoms with Crippen molar-refractivity contribution in [1.82, 2.24) is 0 Å². The predicted octanol–water partition coefficient (Wildman–Crippen LogP) is 1.80. The highest BCUT2D eigenvalue weighted by Crippen LogP contribution is 2.14. The molecule has 90 valence electrons. The molecule has 0 fully saturated rings. The summed E-state index contributed by atoms with van der Waals surface area (Å²) in [5.41, 5.74) is 0. The van der Waals surface area contributed by atoms with Crippen LogP contribution in [0.3, 0.4) is 0 Å². The number of thioether (sulfide) groups is 1. The lowest BCUT2D eigenvalue weighted by Crippen LogP contribution is -2.15. The van der Waals surface area contributed by atoms with Crippen molar-refractivity contribution in [3.8, 4) is 0 Å². The first-order valence-corrected chi connectivity index (χ1v) is 7.21. The van der Waals surface area contributed by atoms with E-state index in [1.807, 2.05) is 17.5 Å². The van der Waals surface area contributed by atoms with Gasteiger partial charge in [-0.05, 0) is 23.6 Å². The van der Waals surface area contributed by atoms with Crippen molar-refractivity contribution in [2.75, 3.05) is 18.1 Å². The molecule has 1 rings (SSSR count). The molecular weight excluding hydrogens is 244 g/mol. The van der Waals surface area contributed by atoms with Crippen molar-refractivity contribution in [2.45, 2.75) is 18.9 Å². The van der Waals surface area contributed by atoms with E-state index in [0.717, 1.165) is 17.1 Å². The summed E-state index contributed by atoms with van der Waals surface area (Å²) < 4.78 is 0. The first-order valence-electron chi connectivity index (χ1n) is 5.17. The van der Waals surface area contributed by atoms with Crippen molar-refractivity contribution in [3.05, 3.63) is 22.4 Å². The molecule has 3 nitrogen and oxygen atoms in total. The molecule has 1 atom stereocenters. The van der Waals surface area contributed by atoms with Crippen molar-refractivity contribution >= 4 is 28.9 Å². The van der Waals surface area contributed by atoms with Gasteiger partial charge in [-0.3, -0.25) is 4.79 Å². The van der Waals surface area contributed by atoms with Gasteiger partial charge in [0.15, 0.2) is 5.78 Å². The Morgan fingerprint density at radius 2 is 2.38 bits per heavy atom. The molecule has 0 radical (unpaired) electrons. The van der Waals surface area contributed by atoms with E-state index in [1.54, 1.807) is 11.8 Å². The summed E-state index contributed by atoms with van der Waals surface area (Å²) in [6, 6.07) is 3.72. The highest BCUT2D eigenvalue weighted by molar-refractivity contribution is 7.99. The number of ketones is 1. The lowest BCUT2D eigenvalue weighted by Gasteiger charge is -2.05. The minimum Gasteiger partial charge on any atom is -0.394 e. The fourth-order valence-corrected chi connectivity index (χ4v) is 2.75. The van der Waals surface area contributed by atoms with Gasteiger partial charge >= 0.3 is 0 Å². The maximum absolute atomic E-state index is 11.6. The number of aliphatic hydroxyl groups is 2. The molecule has 1 aromatic heterocycles. The van der Waals surface area contributed by atoms with Crippen LogP contribution >= 0.6 is 23.1 Å². The van der Waals surface area contributed by atoms with E-state index in [9.17, 15) is 4.79 Å². The van der Waals surface area contributed by atoms with Crippen molar-refractivity contribution < 1.29 is 15.0 Å². The summed E-state index contributed by atoms with van der Waals surface area (Å²) in [7, 11) is 0. The largest absolute Gasteiger partial charge is 0.394 e. The van der Waals surface area contributed by atoms with E-state index in [1.165, 1.54) is 11.3 Å². The van der Waals surface area contributed by atoms with E-state index < -0.39 is 6.10 Å². The van der Waals surface area contributed by atoms with E-state index in [0.29, 0.717) is 12.2 Å². The number of carbonyl (C=O) groups is 1. The molecule has 1 aromatic rings. The van der Waals surface area contributed by atoms with Crippen LogP contribution in [0, 0.1) is 0 Å². The minimum absolute atomic E-state index is 0.193. The van der Waals surface area contributed by atoms with Crippen LogP contribution in [-0.2, 0) is 0 Å². The molecule has 1 unspecified atom stereocenters. The number of hydrogen-bond donors (Lipinski definition) is 2. The Labute approximate surface area is 103 Å². The molecule has 1 heterocycles. The van der Waals surface area contributed by atoms with Crippen molar-refractivity contribution in [2.24, 2.45) is 0 Å². The molecule has 0 aliphatic heterocycles. The maximum Gasteiger partial charge on any atom is 0.172 e. The van der Waals surface area contributed by atoms with Gasteiger partial charge in [-0.1, -0.05) is 6.07 Å². The maximum atomic E-state index is 11.6. The first-order chi connectivity index (χ1) is 7.74. The third kappa shape index (κ3) is 5.12. The van der Waals surface area contributed by atoms with E-state index in [2.05, 4.69) is 0 Å². The average Bonchev–Trinajstić information content (AvgIpc) is 2.81. The number of thiophene rings is 1. The van der Waals surface area contributed by atoms with Crippen LogP contribution in [0.4, 0.5) is 0 Å². The molecule has 0 saturated carbocycles. The van der Waals surface area contributed by atoms with Crippen LogP contribution in [0.25, 0.3) is 0 Å². The first kappa shape index (κ1) is 13.7. The summed E-state index contributed by atoms with van der Waals surface area (Å²) in [6.45, 7) is -0.193. The fraction of sp³-hybridized carbons (Fsp3) is 0.545. The van der Waals surface area contributed by atoms with Gasteiger partial charge in [0.05, 0.1) is 17.6 Å². The molecule has 0 spiro atoms. The number of Topliss-reactive ketones (excluding diaryl/α,β-unsaturated/α-hetero) is 1. The van der Waals surface area contributed by atoms with Gasteiger partial charge in [0, 0.05) is 12.2 Å². The SMILES string of the molecule is O=C(CCCSCC(O)CO)c1cccs1. The van der Waals surface area contributed by atoms with Gasteiger partial charge in [-0.2, -0.15) is 11.8 Å². The Balaban J connectivity index is 2.05. The van der Waals surface area contributed by atoms with Gasteiger partial charge in [0.2, 0.25) is 0 Å². The Bertz CT molecular complexity index is 298. The van der Waals surface area contributed by atoms with Crippen LogP contribution in [0.1, 0.15) is 22.5 Å². The molecule has 0 aliphatic rings. The topological polar surface area (TPSA) is 57.5 Å². The zero-order chi connectivity index (χ0) is 11.8. The standard InChI is InChI=1S/C11H16O3S2/c12-7-9(13)8-15-5-1-3-10(14)11-4-2-6-16-11/h2,4,6,9,12-13H,1,3,5,7-8H2. The number of hydrogen-bond acceptors (Lipinski definition) is 5. The highest BCUT2D eigenvalue weighted by Gasteiger charge is 2.06. The van der Waals surface area contributed by atoms with Crippen LogP contribution in [0.15, 0.2) is 17.5 Å². The minimum atomic E-state index is -0.641. The van der Waals surface area contributed by atoms with E-state index >= 15 is 0 Å². The second kappa shape index (κ2) is 7.84. The third-order valence-corrected chi connectivity index (χ3v) is 4.12. The Morgan fingerprint density at radius 1 is 1.56 bits per heavy atom. The van der Waals surface area contributed by atoms with Crippen molar-refractivity contribution in [1.29, 1.82) is 0 Å². The van der Waals surface area contributed by atoms with Gasteiger partial charge in [-0.15, -0.1) is 11.3 Å². The fourth-order valence-electron chi connectivity index (χ4n) is 1.17. The average molecular weight is 260 g/mol. The molecule has 0 aliphatic carbocycles. The van der Waals surface area contributed by atoms with Crippen LogP contribution in [0.5, 0.6) is 0 Å². The second-order valence-corrected chi connectivity index (χ2v) is 5.51. The lowest BCUT2D eigenvalue weighted by atomic mass is 10.2. The van der Waals surface area contributed by atoms with Crippen LogP contribution in [-0.4, -0.2) is 40.2 Å². The monoisotopic (exact) mass is 260 g/mol. The zero-order valence-electron chi connectivity index (χ0n) is 8.96. The van der Waals surface area contributed by atoms with Crippen LogP contribution in [0.2, 0.25) is 0 Å². The normalized spacial score (nSPS) is 12.6. The Hall–Kier alpha value is -0.360. The molecule has 5 heteroatoms. The Kier molecular flexibility index (Phi) is 6.71. The van der Waals surface area contributed by atoms with Gasteiger partial charge in [-0.25, -0.2) is 0 Å². The van der Waals surface area contributed by atoms with Gasteiger partial charge in [0.1, 0.15) is 0 Å².